The predicted molar refractivity (Wildman–Crippen MR) is 77.1 cm³/mol. The lowest BCUT2D eigenvalue weighted by molar-refractivity contribution is 0.597. The highest BCUT2D eigenvalue weighted by atomic mass is 32.2. The number of nitrogens with zero attached hydrogens (tertiary/aromatic N) is 3. The Balaban J connectivity index is 2.04. The van der Waals surface area contributed by atoms with Crippen LogP contribution in [0.5, 0.6) is 0 Å². The quantitative estimate of drug-likeness (QED) is 0.788. The van der Waals surface area contributed by atoms with Crippen molar-refractivity contribution in [2.24, 2.45) is 7.05 Å². The van der Waals surface area contributed by atoms with Gasteiger partial charge >= 0.3 is 0 Å². The summed E-state index contributed by atoms with van der Waals surface area (Å²) in [6.45, 7) is 0. The topological polar surface area (TPSA) is 75.8 Å². The second-order valence-electron chi connectivity index (χ2n) is 4.13. The number of benzene rings is 1. The van der Waals surface area contributed by atoms with E-state index in [0.29, 0.717) is 11.3 Å². The Hall–Kier alpha value is -1.78. The Labute approximate surface area is 122 Å². The fourth-order valence-corrected chi connectivity index (χ4v) is 4.23. The summed E-state index contributed by atoms with van der Waals surface area (Å²) in [5.41, 5.74) is 0.350. The smallest absolute Gasteiger partial charge is 0.179 e. The highest BCUT2D eigenvalue weighted by Gasteiger charge is 2.15. The van der Waals surface area contributed by atoms with Gasteiger partial charge in [0.1, 0.15) is 0 Å². The first-order chi connectivity index (χ1) is 9.53. The summed E-state index contributed by atoms with van der Waals surface area (Å²) in [4.78, 5) is 4.32. The number of aryl methyl sites for hydroxylation is 1. The number of sulfone groups is 1. The summed E-state index contributed by atoms with van der Waals surface area (Å²) in [5, 5.41) is 9.58. The van der Waals surface area contributed by atoms with Crippen molar-refractivity contribution in [2.45, 2.75) is 10.1 Å². The normalized spacial score (nSPS) is 11.2. The van der Waals surface area contributed by atoms with Crippen LogP contribution in [-0.4, -0.2) is 29.5 Å². The number of aromatic nitrogens is 2. The SMILES string of the molecule is Cn1ccnc1SCCS(=O)(=O)c1cccc(C#N)c1. The number of imidazole rings is 1. The third-order valence-electron chi connectivity index (χ3n) is 2.68. The molecule has 0 amide bonds. The second kappa shape index (κ2) is 6.11. The van der Waals surface area contributed by atoms with Crippen LogP contribution in [-0.2, 0) is 16.9 Å². The van der Waals surface area contributed by atoms with Crippen molar-refractivity contribution in [3.63, 3.8) is 0 Å². The first-order valence-electron chi connectivity index (χ1n) is 5.86. The van der Waals surface area contributed by atoms with Crippen LogP contribution in [0, 0.1) is 11.3 Å². The lowest BCUT2D eigenvalue weighted by atomic mass is 10.2. The second-order valence-corrected chi connectivity index (χ2v) is 7.30. The molecule has 0 atom stereocenters. The van der Waals surface area contributed by atoms with Crippen molar-refractivity contribution in [2.75, 3.05) is 11.5 Å². The molecule has 7 heteroatoms. The molecule has 2 rings (SSSR count). The summed E-state index contributed by atoms with van der Waals surface area (Å²) in [5.74, 6) is 0.434. The molecule has 2 aromatic rings. The summed E-state index contributed by atoms with van der Waals surface area (Å²) in [6.07, 6.45) is 3.49. The van der Waals surface area contributed by atoms with E-state index in [1.807, 2.05) is 23.9 Å². The summed E-state index contributed by atoms with van der Waals surface area (Å²) < 4.78 is 26.2. The zero-order valence-electron chi connectivity index (χ0n) is 10.9. The number of hydrogen-bond acceptors (Lipinski definition) is 5. The zero-order chi connectivity index (χ0) is 14.6. The summed E-state index contributed by atoms with van der Waals surface area (Å²) >= 11 is 1.39. The van der Waals surface area contributed by atoms with E-state index < -0.39 is 9.84 Å². The van der Waals surface area contributed by atoms with Crippen molar-refractivity contribution < 1.29 is 8.42 Å². The zero-order valence-corrected chi connectivity index (χ0v) is 12.5. The third-order valence-corrected chi connectivity index (χ3v) is 5.71. The van der Waals surface area contributed by atoms with Gasteiger partial charge in [0, 0.05) is 25.2 Å². The van der Waals surface area contributed by atoms with E-state index in [1.165, 1.54) is 23.9 Å². The fourth-order valence-electron chi connectivity index (χ4n) is 1.61. The monoisotopic (exact) mass is 307 g/mol. The number of nitriles is 1. The van der Waals surface area contributed by atoms with Crippen LogP contribution >= 0.6 is 11.8 Å². The van der Waals surface area contributed by atoms with Gasteiger partial charge in [-0.15, -0.1) is 0 Å². The molecule has 0 saturated heterocycles. The number of hydrogen-bond donors (Lipinski definition) is 0. The molecule has 104 valence electrons. The molecule has 5 nitrogen and oxygen atoms in total. The van der Waals surface area contributed by atoms with Crippen LogP contribution in [0.3, 0.4) is 0 Å². The Morgan fingerprint density at radius 3 is 2.90 bits per heavy atom. The van der Waals surface area contributed by atoms with Gasteiger partial charge in [-0.2, -0.15) is 5.26 Å². The van der Waals surface area contributed by atoms with Gasteiger partial charge in [0.2, 0.25) is 0 Å². The van der Waals surface area contributed by atoms with Gasteiger partial charge in [-0.3, -0.25) is 0 Å². The Kier molecular flexibility index (Phi) is 4.47. The van der Waals surface area contributed by atoms with Crippen molar-refractivity contribution >= 4 is 21.6 Å². The van der Waals surface area contributed by atoms with Crippen LogP contribution in [0.1, 0.15) is 5.56 Å². The average Bonchev–Trinajstić information content (AvgIpc) is 2.84. The Bertz CT molecular complexity index is 745. The highest BCUT2D eigenvalue weighted by Crippen LogP contribution is 2.18. The molecule has 0 bridgehead atoms. The molecule has 0 aliphatic carbocycles. The molecule has 0 unspecified atom stereocenters. The minimum absolute atomic E-state index is 0.0133. The van der Waals surface area contributed by atoms with Crippen LogP contribution in [0.4, 0.5) is 0 Å². The largest absolute Gasteiger partial charge is 0.329 e. The standard InChI is InChI=1S/C13H13N3O2S2/c1-16-6-5-15-13(16)19-7-8-20(17,18)12-4-2-3-11(9-12)10-14/h2-6,9H,7-8H2,1H3. The first kappa shape index (κ1) is 14.6. The van der Waals surface area contributed by atoms with E-state index in [9.17, 15) is 8.42 Å². The average molecular weight is 307 g/mol. The lowest BCUT2D eigenvalue weighted by Crippen LogP contribution is -2.09. The maximum Gasteiger partial charge on any atom is 0.179 e. The maximum absolute atomic E-state index is 12.2. The summed E-state index contributed by atoms with van der Waals surface area (Å²) in [6, 6.07) is 8.03. The van der Waals surface area contributed by atoms with Gasteiger partial charge in [0.05, 0.1) is 22.3 Å². The van der Waals surface area contributed by atoms with Gasteiger partial charge < -0.3 is 4.57 Å². The molecule has 1 heterocycles. The number of thioether (sulfide) groups is 1. The molecule has 0 N–H and O–H groups in total. The molecular formula is C13H13N3O2S2. The molecule has 20 heavy (non-hydrogen) atoms. The van der Waals surface area contributed by atoms with Gasteiger partial charge in [0.15, 0.2) is 15.0 Å². The minimum Gasteiger partial charge on any atom is -0.329 e. The number of rotatable bonds is 5. The van der Waals surface area contributed by atoms with E-state index in [4.69, 9.17) is 5.26 Å². The van der Waals surface area contributed by atoms with Gasteiger partial charge in [-0.1, -0.05) is 17.8 Å². The van der Waals surface area contributed by atoms with Gasteiger partial charge in [0.25, 0.3) is 0 Å². The fraction of sp³-hybridized carbons (Fsp3) is 0.231. The lowest BCUT2D eigenvalue weighted by Gasteiger charge is -2.05. The summed E-state index contributed by atoms with van der Waals surface area (Å²) in [7, 11) is -1.51. The van der Waals surface area contributed by atoms with Gasteiger partial charge in [-0.05, 0) is 18.2 Å². The molecule has 0 aliphatic heterocycles. The van der Waals surface area contributed by atoms with Crippen LogP contribution in [0.2, 0.25) is 0 Å². The van der Waals surface area contributed by atoms with E-state index >= 15 is 0 Å². The van der Waals surface area contributed by atoms with Crippen molar-refractivity contribution in [1.29, 1.82) is 5.26 Å². The third kappa shape index (κ3) is 3.40. The molecule has 0 aliphatic rings. The molecule has 0 saturated carbocycles. The van der Waals surface area contributed by atoms with Crippen LogP contribution in [0.15, 0.2) is 46.7 Å². The van der Waals surface area contributed by atoms with E-state index in [0.717, 1.165) is 5.16 Å². The molecule has 0 fully saturated rings. The molecule has 1 aromatic carbocycles. The van der Waals surface area contributed by atoms with Crippen molar-refractivity contribution in [1.82, 2.24) is 9.55 Å². The van der Waals surface area contributed by atoms with E-state index in [2.05, 4.69) is 4.98 Å². The molecule has 0 spiro atoms. The molecular weight excluding hydrogens is 294 g/mol. The van der Waals surface area contributed by atoms with E-state index in [1.54, 1.807) is 18.3 Å². The van der Waals surface area contributed by atoms with Crippen molar-refractivity contribution in [3.05, 3.63) is 42.2 Å². The Morgan fingerprint density at radius 2 is 2.25 bits per heavy atom. The predicted octanol–water partition coefficient (Wildman–Crippen LogP) is 1.86. The van der Waals surface area contributed by atoms with Gasteiger partial charge in [-0.25, -0.2) is 13.4 Å². The van der Waals surface area contributed by atoms with E-state index in [-0.39, 0.29) is 10.6 Å². The molecule has 1 aromatic heterocycles. The highest BCUT2D eigenvalue weighted by molar-refractivity contribution is 8.00. The maximum atomic E-state index is 12.2. The van der Waals surface area contributed by atoms with Crippen LogP contribution < -0.4 is 0 Å². The molecule has 0 radical (unpaired) electrons. The van der Waals surface area contributed by atoms with Crippen LogP contribution in [0.25, 0.3) is 0 Å². The Morgan fingerprint density at radius 1 is 1.45 bits per heavy atom. The first-order valence-corrected chi connectivity index (χ1v) is 8.50. The minimum atomic E-state index is -3.37. The van der Waals surface area contributed by atoms with Crippen molar-refractivity contribution in [3.8, 4) is 6.07 Å².